The Balaban J connectivity index is 2.01. The van der Waals surface area contributed by atoms with Gasteiger partial charge in [0, 0.05) is 12.6 Å². The van der Waals surface area contributed by atoms with Crippen molar-refractivity contribution >= 4 is 11.8 Å². The normalized spacial score (nSPS) is 13.2. The summed E-state index contributed by atoms with van der Waals surface area (Å²) in [6.07, 6.45) is 0.794. The molecule has 2 N–H and O–H groups in total. The van der Waals surface area contributed by atoms with E-state index in [0.29, 0.717) is 6.54 Å². The third-order valence-electron chi connectivity index (χ3n) is 4.91. The van der Waals surface area contributed by atoms with Gasteiger partial charge in [0.2, 0.25) is 5.91 Å². The van der Waals surface area contributed by atoms with Crippen LogP contribution in [-0.2, 0) is 11.2 Å². The number of rotatable bonds is 9. The first-order valence-electron chi connectivity index (χ1n) is 9.83. The van der Waals surface area contributed by atoms with Crippen molar-refractivity contribution in [1.82, 2.24) is 15.5 Å². The Kier molecular flexibility index (Phi) is 8.34. The second-order valence-electron chi connectivity index (χ2n) is 7.73. The number of carbonyl (C=O) groups excluding carboxylic acids is 2. The molecule has 156 valence electrons. The summed E-state index contributed by atoms with van der Waals surface area (Å²) in [6, 6.07) is 15.2. The SMILES string of the molecule is CC(C)C(NC(=O)c1ccccc1F)C(=O)NCC(Cc1ccccc1)N(C)C. The van der Waals surface area contributed by atoms with E-state index in [1.165, 1.54) is 23.8 Å². The number of hydrogen-bond donors (Lipinski definition) is 2. The van der Waals surface area contributed by atoms with Crippen molar-refractivity contribution in [2.45, 2.75) is 32.4 Å². The maximum atomic E-state index is 13.9. The van der Waals surface area contributed by atoms with E-state index in [0.717, 1.165) is 6.42 Å². The predicted molar refractivity (Wildman–Crippen MR) is 113 cm³/mol. The number of amides is 2. The molecule has 2 aromatic rings. The highest BCUT2D eigenvalue weighted by Gasteiger charge is 2.26. The van der Waals surface area contributed by atoms with Crippen LogP contribution in [0.3, 0.4) is 0 Å². The molecule has 0 bridgehead atoms. The minimum atomic E-state index is -0.748. The topological polar surface area (TPSA) is 61.4 Å². The molecule has 2 unspecified atom stereocenters. The molecule has 0 aliphatic carbocycles. The van der Waals surface area contributed by atoms with Gasteiger partial charge in [0.25, 0.3) is 5.91 Å². The summed E-state index contributed by atoms with van der Waals surface area (Å²) in [6.45, 7) is 4.14. The Hall–Kier alpha value is -2.73. The zero-order valence-electron chi connectivity index (χ0n) is 17.5. The summed E-state index contributed by atoms with van der Waals surface area (Å²) in [5.74, 6) is -1.61. The van der Waals surface area contributed by atoms with Crippen molar-refractivity contribution < 1.29 is 14.0 Å². The van der Waals surface area contributed by atoms with Crippen LogP contribution in [0.25, 0.3) is 0 Å². The molecule has 2 aromatic carbocycles. The zero-order chi connectivity index (χ0) is 21.4. The lowest BCUT2D eigenvalue weighted by Crippen LogP contribution is -2.52. The van der Waals surface area contributed by atoms with Crippen LogP contribution in [0.4, 0.5) is 4.39 Å². The van der Waals surface area contributed by atoms with Gasteiger partial charge in [-0.15, -0.1) is 0 Å². The fourth-order valence-corrected chi connectivity index (χ4v) is 3.05. The first kappa shape index (κ1) is 22.6. The molecule has 29 heavy (non-hydrogen) atoms. The summed E-state index contributed by atoms with van der Waals surface area (Å²) in [5.41, 5.74) is 1.12. The van der Waals surface area contributed by atoms with E-state index >= 15 is 0 Å². The predicted octanol–water partition coefficient (Wildman–Crippen LogP) is 2.87. The van der Waals surface area contributed by atoms with Gasteiger partial charge in [0.05, 0.1) is 5.56 Å². The molecule has 6 heteroatoms. The van der Waals surface area contributed by atoms with Crippen molar-refractivity contribution in [3.8, 4) is 0 Å². The molecule has 0 aromatic heterocycles. The maximum Gasteiger partial charge on any atom is 0.254 e. The molecule has 0 heterocycles. The van der Waals surface area contributed by atoms with Gasteiger partial charge in [-0.3, -0.25) is 9.59 Å². The summed E-state index contributed by atoms with van der Waals surface area (Å²) in [4.78, 5) is 27.3. The van der Waals surface area contributed by atoms with Gasteiger partial charge in [0.1, 0.15) is 11.9 Å². The van der Waals surface area contributed by atoms with E-state index < -0.39 is 17.8 Å². The van der Waals surface area contributed by atoms with Gasteiger partial charge in [-0.1, -0.05) is 56.3 Å². The Labute approximate surface area is 172 Å². The van der Waals surface area contributed by atoms with Gasteiger partial charge in [0.15, 0.2) is 0 Å². The Morgan fingerprint density at radius 3 is 2.21 bits per heavy atom. The van der Waals surface area contributed by atoms with E-state index in [1.807, 2.05) is 46.1 Å². The van der Waals surface area contributed by atoms with Crippen LogP contribution in [-0.4, -0.2) is 49.4 Å². The van der Waals surface area contributed by atoms with Gasteiger partial charge in [-0.05, 0) is 44.1 Å². The number of nitrogens with one attached hydrogen (secondary N) is 2. The van der Waals surface area contributed by atoms with Crippen molar-refractivity contribution in [2.24, 2.45) is 5.92 Å². The van der Waals surface area contributed by atoms with Gasteiger partial charge < -0.3 is 15.5 Å². The quantitative estimate of drug-likeness (QED) is 0.682. The highest BCUT2D eigenvalue weighted by atomic mass is 19.1. The number of hydrogen-bond acceptors (Lipinski definition) is 3. The molecule has 0 saturated carbocycles. The van der Waals surface area contributed by atoms with Crippen LogP contribution in [0, 0.1) is 11.7 Å². The number of nitrogens with zero attached hydrogens (tertiary/aromatic N) is 1. The van der Waals surface area contributed by atoms with Crippen LogP contribution in [0.1, 0.15) is 29.8 Å². The smallest absolute Gasteiger partial charge is 0.254 e. The first-order chi connectivity index (χ1) is 13.8. The lowest BCUT2D eigenvalue weighted by molar-refractivity contribution is -0.124. The molecule has 2 rings (SSSR count). The van der Waals surface area contributed by atoms with Crippen molar-refractivity contribution in [3.05, 3.63) is 71.5 Å². The maximum absolute atomic E-state index is 13.9. The molecule has 0 saturated heterocycles. The van der Waals surface area contributed by atoms with Crippen molar-refractivity contribution in [3.63, 3.8) is 0 Å². The highest BCUT2D eigenvalue weighted by Crippen LogP contribution is 2.10. The standard InChI is InChI=1S/C23H30FN3O2/c1-16(2)21(26-22(28)19-12-8-9-13-20(19)24)23(29)25-15-18(27(3)4)14-17-10-6-5-7-11-17/h5-13,16,18,21H,14-15H2,1-4H3,(H,25,29)(H,26,28). The largest absolute Gasteiger partial charge is 0.353 e. The van der Waals surface area contributed by atoms with E-state index in [2.05, 4.69) is 27.7 Å². The number of likely N-dealkylation sites (N-methyl/N-ethyl adjacent to an activating group) is 1. The van der Waals surface area contributed by atoms with Crippen molar-refractivity contribution in [1.29, 1.82) is 0 Å². The molecule has 0 aliphatic heterocycles. The molecule has 0 spiro atoms. The van der Waals surface area contributed by atoms with E-state index in [4.69, 9.17) is 0 Å². The molecule has 0 fully saturated rings. The fraction of sp³-hybridized carbons (Fsp3) is 0.391. The molecule has 0 aliphatic rings. The highest BCUT2D eigenvalue weighted by molar-refractivity contribution is 5.97. The first-order valence-corrected chi connectivity index (χ1v) is 9.83. The lowest BCUT2D eigenvalue weighted by atomic mass is 10.0. The Morgan fingerprint density at radius 1 is 1.00 bits per heavy atom. The van der Waals surface area contributed by atoms with Crippen LogP contribution >= 0.6 is 0 Å². The minimum Gasteiger partial charge on any atom is -0.353 e. The summed E-state index contributed by atoms with van der Waals surface area (Å²) in [7, 11) is 3.94. The van der Waals surface area contributed by atoms with Gasteiger partial charge >= 0.3 is 0 Å². The average Bonchev–Trinajstić information content (AvgIpc) is 2.69. The second kappa shape index (κ2) is 10.7. The van der Waals surface area contributed by atoms with Gasteiger partial charge in [-0.2, -0.15) is 0 Å². The number of carbonyl (C=O) groups is 2. The molecule has 0 radical (unpaired) electrons. The van der Waals surface area contributed by atoms with Crippen LogP contribution < -0.4 is 10.6 Å². The molecule has 5 nitrogen and oxygen atoms in total. The average molecular weight is 400 g/mol. The third-order valence-corrected chi connectivity index (χ3v) is 4.91. The van der Waals surface area contributed by atoms with Gasteiger partial charge in [-0.25, -0.2) is 4.39 Å². The molecular weight excluding hydrogens is 369 g/mol. The molecule has 2 amide bonds. The van der Waals surface area contributed by atoms with Crippen molar-refractivity contribution in [2.75, 3.05) is 20.6 Å². The Morgan fingerprint density at radius 2 is 1.62 bits per heavy atom. The lowest BCUT2D eigenvalue weighted by Gasteiger charge is -2.27. The monoisotopic (exact) mass is 399 g/mol. The van der Waals surface area contributed by atoms with E-state index in [-0.39, 0.29) is 23.4 Å². The fourth-order valence-electron chi connectivity index (χ4n) is 3.05. The zero-order valence-corrected chi connectivity index (χ0v) is 17.5. The summed E-state index contributed by atoms with van der Waals surface area (Å²) >= 11 is 0. The van der Waals surface area contributed by atoms with Crippen LogP contribution in [0.15, 0.2) is 54.6 Å². The third kappa shape index (κ3) is 6.68. The van der Waals surface area contributed by atoms with E-state index in [1.54, 1.807) is 6.07 Å². The summed E-state index contributed by atoms with van der Waals surface area (Å²) < 4.78 is 13.9. The number of halogens is 1. The molecule has 2 atom stereocenters. The number of benzene rings is 2. The second-order valence-corrected chi connectivity index (χ2v) is 7.73. The Bertz CT molecular complexity index is 809. The molecular formula is C23H30FN3O2. The minimum absolute atomic E-state index is 0.0683. The summed E-state index contributed by atoms with van der Waals surface area (Å²) in [5, 5.41) is 5.62. The van der Waals surface area contributed by atoms with E-state index in [9.17, 15) is 14.0 Å². The van der Waals surface area contributed by atoms with Crippen LogP contribution in [0.2, 0.25) is 0 Å². The van der Waals surface area contributed by atoms with Crippen LogP contribution in [0.5, 0.6) is 0 Å².